The molecule has 1 aromatic heterocycles. The number of rotatable bonds is 3. The Labute approximate surface area is 159 Å². The van der Waals surface area contributed by atoms with Crippen molar-refractivity contribution in [2.45, 2.75) is 0 Å². The van der Waals surface area contributed by atoms with Crippen molar-refractivity contribution < 1.29 is 14.7 Å². The summed E-state index contributed by atoms with van der Waals surface area (Å²) in [6.07, 6.45) is 3.83. The van der Waals surface area contributed by atoms with Gasteiger partial charge in [-0.1, -0.05) is 24.3 Å². The van der Waals surface area contributed by atoms with Crippen LogP contribution in [0.25, 0.3) is 17.0 Å². The van der Waals surface area contributed by atoms with Gasteiger partial charge >= 0.3 is 5.97 Å². The van der Waals surface area contributed by atoms with Gasteiger partial charge in [0.1, 0.15) is 0 Å². The molecule has 0 atom stereocenters. The summed E-state index contributed by atoms with van der Waals surface area (Å²) in [4.78, 5) is 28.3. The Morgan fingerprint density at radius 1 is 1.22 bits per heavy atom. The molecule has 2 aromatic carbocycles. The molecule has 0 aliphatic carbocycles. The number of fused-ring (bicyclic) bond motifs is 1. The standard InChI is InChI=1S/C20H15N3O3S/c1-23-11-13(15-7-2-3-8-16(15)23)10-17-18(24)22-20(27-17)21-14-6-4-5-12(9-14)19(25)26/h2-11H,1H3,(H,25,26)(H,21,22,24)/b17-10-. The van der Waals surface area contributed by atoms with E-state index in [9.17, 15) is 9.59 Å². The molecule has 1 aliphatic rings. The number of carboxylic acid groups (broad SMARTS) is 1. The second kappa shape index (κ2) is 6.77. The van der Waals surface area contributed by atoms with E-state index in [0.29, 0.717) is 15.8 Å². The predicted octanol–water partition coefficient (Wildman–Crippen LogP) is 3.77. The van der Waals surface area contributed by atoms with Crippen LogP contribution in [0.2, 0.25) is 0 Å². The van der Waals surface area contributed by atoms with Crippen molar-refractivity contribution in [2.24, 2.45) is 12.0 Å². The van der Waals surface area contributed by atoms with Crippen LogP contribution in [0, 0.1) is 0 Å². The third kappa shape index (κ3) is 3.37. The molecule has 134 valence electrons. The number of hydrogen-bond acceptors (Lipinski definition) is 4. The molecule has 3 aromatic rings. The average Bonchev–Trinajstić information content (AvgIpc) is 3.15. The van der Waals surface area contributed by atoms with Crippen LogP contribution in [-0.4, -0.2) is 26.7 Å². The molecule has 1 fully saturated rings. The normalized spacial score (nSPS) is 17.0. The van der Waals surface area contributed by atoms with Crippen LogP contribution in [0.15, 0.2) is 64.6 Å². The zero-order valence-electron chi connectivity index (χ0n) is 14.3. The van der Waals surface area contributed by atoms with E-state index < -0.39 is 5.97 Å². The Kier molecular flexibility index (Phi) is 4.29. The van der Waals surface area contributed by atoms with Crippen LogP contribution < -0.4 is 5.32 Å². The summed E-state index contributed by atoms with van der Waals surface area (Å²) in [5.41, 5.74) is 2.67. The van der Waals surface area contributed by atoms with Crippen molar-refractivity contribution >= 4 is 51.5 Å². The second-order valence-corrected chi connectivity index (χ2v) is 7.08. The third-order valence-corrected chi connectivity index (χ3v) is 5.10. The quantitative estimate of drug-likeness (QED) is 0.681. The fraction of sp³-hybridized carbons (Fsp3) is 0.0500. The van der Waals surface area contributed by atoms with Crippen LogP contribution in [0.1, 0.15) is 15.9 Å². The summed E-state index contributed by atoms with van der Waals surface area (Å²) in [6, 6.07) is 14.3. The number of amides is 1. The number of carbonyl (C=O) groups excluding carboxylic acids is 1. The molecule has 1 amide bonds. The molecule has 1 aliphatic heterocycles. The Morgan fingerprint density at radius 3 is 2.85 bits per heavy atom. The molecule has 2 N–H and O–H groups in total. The molecule has 0 unspecified atom stereocenters. The summed E-state index contributed by atoms with van der Waals surface area (Å²) >= 11 is 1.23. The largest absolute Gasteiger partial charge is 0.478 e. The number of nitrogens with zero attached hydrogens (tertiary/aromatic N) is 2. The van der Waals surface area contributed by atoms with Gasteiger partial charge in [0, 0.05) is 29.7 Å². The summed E-state index contributed by atoms with van der Waals surface area (Å²) < 4.78 is 2.02. The molecular formula is C20H15N3O3S. The maximum absolute atomic E-state index is 12.3. The number of carboxylic acids is 1. The zero-order valence-corrected chi connectivity index (χ0v) is 15.2. The van der Waals surface area contributed by atoms with Gasteiger partial charge in [-0.25, -0.2) is 9.79 Å². The van der Waals surface area contributed by atoms with Crippen molar-refractivity contribution in [1.29, 1.82) is 0 Å². The summed E-state index contributed by atoms with van der Waals surface area (Å²) in [6.45, 7) is 0. The van der Waals surface area contributed by atoms with Gasteiger partial charge in [-0.3, -0.25) is 4.79 Å². The minimum absolute atomic E-state index is 0.151. The topological polar surface area (TPSA) is 83.7 Å². The maximum Gasteiger partial charge on any atom is 0.335 e. The van der Waals surface area contributed by atoms with Gasteiger partial charge in [-0.15, -0.1) is 0 Å². The average molecular weight is 377 g/mol. The molecule has 27 heavy (non-hydrogen) atoms. The Hall–Kier alpha value is -3.32. The molecule has 2 heterocycles. The number of para-hydroxylation sites is 1. The molecular weight excluding hydrogens is 362 g/mol. The lowest BCUT2D eigenvalue weighted by molar-refractivity contribution is -0.115. The van der Waals surface area contributed by atoms with Gasteiger partial charge in [0.15, 0.2) is 5.17 Å². The highest BCUT2D eigenvalue weighted by Crippen LogP contribution is 2.30. The highest BCUT2D eigenvalue weighted by atomic mass is 32.2. The first-order chi connectivity index (χ1) is 13.0. The number of aromatic carboxylic acids is 1. The summed E-state index contributed by atoms with van der Waals surface area (Å²) in [5, 5.41) is 13.3. The molecule has 0 bridgehead atoms. The molecule has 6 nitrogen and oxygen atoms in total. The molecule has 0 saturated carbocycles. The molecule has 0 spiro atoms. The summed E-state index contributed by atoms with van der Waals surface area (Å²) in [7, 11) is 1.97. The lowest BCUT2D eigenvalue weighted by Crippen LogP contribution is -2.19. The van der Waals surface area contributed by atoms with Gasteiger partial charge in [0.25, 0.3) is 5.91 Å². The number of aliphatic imine (C=N–C) groups is 1. The second-order valence-electron chi connectivity index (χ2n) is 6.05. The third-order valence-electron chi connectivity index (χ3n) is 4.19. The number of amidine groups is 1. The van der Waals surface area contributed by atoms with Gasteiger partial charge in [-0.2, -0.15) is 0 Å². The lowest BCUT2D eigenvalue weighted by atomic mass is 10.1. The van der Waals surface area contributed by atoms with E-state index in [1.165, 1.54) is 23.9 Å². The summed E-state index contributed by atoms with van der Waals surface area (Å²) in [5.74, 6) is -1.24. The van der Waals surface area contributed by atoms with Crippen molar-refractivity contribution in [2.75, 3.05) is 0 Å². The van der Waals surface area contributed by atoms with Gasteiger partial charge < -0.3 is 15.0 Å². The minimum Gasteiger partial charge on any atom is -0.478 e. The van der Waals surface area contributed by atoms with Crippen LogP contribution in [-0.2, 0) is 11.8 Å². The van der Waals surface area contributed by atoms with E-state index in [-0.39, 0.29) is 11.5 Å². The van der Waals surface area contributed by atoms with Crippen LogP contribution in [0.3, 0.4) is 0 Å². The van der Waals surface area contributed by atoms with E-state index in [0.717, 1.165) is 16.5 Å². The van der Waals surface area contributed by atoms with E-state index in [1.807, 2.05) is 48.2 Å². The predicted molar refractivity (Wildman–Crippen MR) is 107 cm³/mol. The first-order valence-electron chi connectivity index (χ1n) is 8.18. The zero-order chi connectivity index (χ0) is 19.0. The van der Waals surface area contributed by atoms with Crippen molar-refractivity contribution in [1.82, 2.24) is 9.88 Å². The molecule has 1 saturated heterocycles. The highest BCUT2D eigenvalue weighted by Gasteiger charge is 2.24. The van der Waals surface area contributed by atoms with Crippen LogP contribution in [0.5, 0.6) is 0 Å². The van der Waals surface area contributed by atoms with Gasteiger partial charge in [0.05, 0.1) is 16.2 Å². The van der Waals surface area contributed by atoms with Crippen molar-refractivity contribution in [3.8, 4) is 0 Å². The number of benzene rings is 2. The number of aromatic nitrogens is 1. The fourth-order valence-electron chi connectivity index (χ4n) is 2.94. The number of aryl methyl sites for hydroxylation is 1. The first-order valence-corrected chi connectivity index (χ1v) is 9.00. The van der Waals surface area contributed by atoms with Crippen molar-refractivity contribution in [3.63, 3.8) is 0 Å². The first kappa shape index (κ1) is 17.1. The lowest BCUT2D eigenvalue weighted by Gasteiger charge is -1.98. The van der Waals surface area contributed by atoms with E-state index in [2.05, 4.69) is 10.3 Å². The molecule has 7 heteroatoms. The minimum atomic E-state index is -1.02. The fourth-order valence-corrected chi connectivity index (χ4v) is 3.77. The maximum atomic E-state index is 12.3. The van der Waals surface area contributed by atoms with E-state index in [1.54, 1.807) is 12.1 Å². The van der Waals surface area contributed by atoms with Gasteiger partial charge in [0.2, 0.25) is 0 Å². The Bertz CT molecular complexity index is 1140. The SMILES string of the molecule is Cn1cc(/C=C2\SC(=Nc3cccc(C(=O)O)c3)NC2=O)c2ccccc21. The highest BCUT2D eigenvalue weighted by molar-refractivity contribution is 8.18. The van der Waals surface area contributed by atoms with E-state index >= 15 is 0 Å². The molecule has 0 radical (unpaired) electrons. The van der Waals surface area contributed by atoms with Crippen LogP contribution in [0.4, 0.5) is 5.69 Å². The number of thioether (sulfide) groups is 1. The van der Waals surface area contributed by atoms with Crippen LogP contribution >= 0.6 is 11.8 Å². The Balaban J connectivity index is 1.65. The van der Waals surface area contributed by atoms with E-state index in [4.69, 9.17) is 5.11 Å². The monoisotopic (exact) mass is 377 g/mol. The smallest absolute Gasteiger partial charge is 0.335 e. The number of nitrogens with one attached hydrogen (secondary N) is 1. The van der Waals surface area contributed by atoms with Crippen molar-refractivity contribution in [3.05, 3.63) is 70.8 Å². The van der Waals surface area contributed by atoms with Gasteiger partial charge in [-0.05, 0) is 42.1 Å². The molecule has 4 rings (SSSR count). The Morgan fingerprint density at radius 2 is 2.04 bits per heavy atom. The number of hydrogen-bond donors (Lipinski definition) is 2. The number of carbonyl (C=O) groups is 2.